The molecule has 2 aromatic heterocycles. The van der Waals surface area contributed by atoms with E-state index in [9.17, 15) is 24.3 Å². The molecule has 3 heterocycles. The van der Waals surface area contributed by atoms with Crippen molar-refractivity contribution in [2.45, 2.75) is 90.3 Å². The molecule has 296 valence electrons. The van der Waals surface area contributed by atoms with Gasteiger partial charge in [-0.1, -0.05) is 101 Å². The summed E-state index contributed by atoms with van der Waals surface area (Å²) in [5.74, 6) is 0.0778. The fraction of sp³-hybridized carbons (Fsp3) is 0.292. The number of benzene rings is 5. The Morgan fingerprint density at radius 1 is 0.586 bits per heavy atom. The summed E-state index contributed by atoms with van der Waals surface area (Å²) in [6.45, 7) is 14.1. The van der Waals surface area contributed by atoms with E-state index in [2.05, 4.69) is 32.9 Å². The van der Waals surface area contributed by atoms with Gasteiger partial charge in [0.2, 0.25) is 0 Å². The Morgan fingerprint density at radius 3 is 1.64 bits per heavy atom. The van der Waals surface area contributed by atoms with Gasteiger partial charge in [-0.2, -0.15) is 0 Å². The van der Waals surface area contributed by atoms with E-state index in [0.717, 1.165) is 34.1 Å². The van der Waals surface area contributed by atoms with Crippen LogP contribution in [0.15, 0.2) is 122 Å². The largest absolute Gasteiger partial charge is 0.506 e. The zero-order valence-electron chi connectivity index (χ0n) is 33.9. The Morgan fingerprint density at radius 2 is 1.09 bits per heavy atom. The quantitative estimate of drug-likeness (QED) is 0.137. The Labute approximate surface area is 336 Å². The summed E-state index contributed by atoms with van der Waals surface area (Å²) in [7, 11) is -3.97. The molecule has 0 saturated heterocycles. The van der Waals surface area contributed by atoms with Crippen molar-refractivity contribution in [1.29, 1.82) is 0 Å². The molecule has 0 fully saturated rings. The summed E-state index contributed by atoms with van der Waals surface area (Å²) in [6.07, 6.45) is 2.95. The summed E-state index contributed by atoms with van der Waals surface area (Å²) in [4.78, 5) is 55.4. The van der Waals surface area contributed by atoms with Crippen LogP contribution in [0, 0.1) is 0 Å². The van der Waals surface area contributed by atoms with Crippen LogP contribution in [0.25, 0.3) is 38.4 Å². The Kier molecular flexibility index (Phi) is 9.20. The number of phenols is 1. The maximum absolute atomic E-state index is 16.1. The number of hydrogen-bond acceptors (Lipinski definition) is 7. The average molecular weight is 795 g/mol. The summed E-state index contributed by atoms with van der Waals surface area (Å²) >= 11 is 0. The number of para-hydroxylation sites is 1. The van der Waals surface area contributed by atoms with E-state index in [0.29, 0.717) is 35.0 Å². The number of aromatic nitrogens is 2. The first kappa shape index (κ1) is 39.1. The van der Waals surface area contributed by atoms with Crippen LogP contribution in [0.3, 0.4) is 0 Å². The van der Waals surface area contributed by atoms with Gasteiger partial charge in [0.25, 0.3) is 29.6 Å². The minimum absolute atomic E-state index is 0.0312. The SMILES string of the molecule is CCC(C)(CC)c1ccc(C(C)(c2ccc(-n3c(=O)c4cc5c(=O)n(C(C)(CC)CC)c(=O)c5cc4c3=O)c(O)c2)P2(=O)Oc3ccccc3-c3ccccc32)cc1. The Hall–Kier alpha value is -5.79. The van der Waals surface area contributed by atoms with Crippen LogP contribution in [0.2, 0.25) is 0 Å². The molecule has 8 rings (SSSR count). The molecule has 5 aromatic carbocycles. The van der Waals surface area contributed by atoms with Crippen molar-refractivity contribution in [1.82, 2.24) is 9.13 Å². The molecule has 9 nitrogen and oxygen atoms in total. The molecular weight excluding hydrogens is 748 g/mol. The minimum atomic E-state index is -3.97. The van der Waals surface area contributed by atoms with Crippen LogP contribution in [0.4, 0.5) is 0 Å². The summed E-state index contributed by atoms with van der Waals surface area (Å²) in [5, 5.41) is 11.1. The van der Waals surface area contributed by atoms with Crippen molar-refractivity contribution in [3.8, 4) is 28.3 Å². The number of phenolic OH excluding ortho intramolecular Hbond substituents is 1. The molecule has 0 bridgehead atoms. The predicted octanol–water partition coefficient (Wildman–Crippen LogP) is 9.15. The third-order valence-electron chi connectivity index (χ3n) is 13.7. The normalized spacial score (nSPS) is 16.5. The number of rotatable bonds is 10. The minimum Gasteiger partial charge on any atom is -0.506 e. The van der Waals surface area contributed by atoms with E-state index in [4.69, 9.17) is 4.52 Å². The Balaban J connectivity index is 1.33. The molecule has 0 radical (unpaired) electrons. The van der Waals surface area contributed by atoms with Crippen LogP contribution < -0.4 is 32.1 Å². The summed E-state index contributed by atoms with van der Waals surface area (Å²) in [6, 6.07) is 30.3. The second-order valence-corrected chi connectivity index (χ2v) is 19.0. The molecule has 2 unspecified atom stereocenters. The lowest BCUT2D eigenvalue weighted by Crippen LogP contribution is -2.42. The highest BCUT2D eigenvalue weighted by atomic mass is 31.2. The molecule has 1 aliphatic heterocycles. The highest BCUT2D eigenvalue weighted by Gasteiger charge is 2.54. The van der Waals surface area contributed by atoms with Crippen molar-refractivity contribution in [2.75, 3.05) is 0 Å². The predicted molar refractivity (Wildman–Crippen MR) is 233 cm³/mol. The first-order valence-corrected chi connectivity index (χ1v) is 21.6. The first-order valence-electron chi connectivity index (χ1n) is 20.0. The maximum atomic E-state index is 16.1. The van der Waals surface area contributed by atoms with Gasteiger partial charge in [0.15, 0.2) is 0 Å². The van der Waals surface area contributed by atoms with Gasteiger partial charge in [0, 0.05) is 11.1 Å². The van der Waals surface area contributed by atoms with Crippen molar-refractivity contribution in [2.24, 2.45) is 0 Å². The molecule has 0 aliphatic carbocycles. The van der Waals surface area contributed by atoms with Gasteiger partial charge in [-0.25, -0.2) is 4.57 Å². The monoisotopic (exact) mass is 794 g/mol. The van der Waals surface area contributed by atoms with E-state index in [-0.39, 0.29) is 32.6 Å². The van der Waals surface area contributed by atoms with Gasteiger partial charge in [-0.15, -0.1) is 0 Å². The second-order valence-electron chi connectivity index (χ2n) is 16.3. The molecule has 0 saturated carbocycles. The molecule has 2 atom stereocenters. The molecule has 0 spiro atoms. The van der Waals surface area contributed by atoms with Gasteiger partial charge < -0.3 is 9.63 Å². The third-order valence-corrected chi connectivity index (χ3v) is 16.8. The zero-order chi connectivity index (χ0) is 41.5. The van der Waals surface area contributed by atoms with Crippen LogP contribution in [0.1, 0.15) is 90.8 Å². The third kappa shape index (κ3) is 5.32. The van der Waals surface area contributed by atoms with Crippen LogP contribution >= 0.6 is 7.37 Å². The fourth-order valence-corrected chi connectivity index (χ4v) is 11.8. The zero-order valence-corrected chi connectivity index (χ0v) is 34.8. The lowest BCUT2D eigenvalue weighted by molar-refractivity contribution is 0.282. The lowest BCUT2D eigenvalue weighted by atomic mass is 9.77. The molecule has 1 N–H and O–H groups in total. The first-order chi connectivity index (χ1) is 27.6. The molecule has 0 amide bonds. The van der Waals surface area contributed by atoms with Crippen molar-refractivity contribution in [3.05, 3.63) is 161 Å². The lowest BCUT2D eigenvalue weighted by Gasteiger charge is -2.42. The van der Waals surface area contributed by atoms with Crippen molar-refractivity contribution < 1.29 is 14.2 Å². The number of hydrogen-bond donors (Lipinski definition) is 1. The van der Waals surface area contributed by atoms with Gasteiger partial charge >= 0.3 is 0 Å². The van der Waals surface area contributed by atoms with Crippen molar-refractivity contribution in [3.63, 3.8) is 0 Å². The van der Waals surface area contributed by atoms with E-state index in [1.54, 1.807) is 12.1 Å². The van der Waals surface area contributed by atoms with Crippen LogP contribution in [-0.2, 0) is 20.7 Å². The Bertz CT molecular complexity index is 2970. The number of fused-ring (bicyclic) bond motifs is 5. The number of nitrogens with zero attached hydrogens (tertiary/aromatic N) is 2. The van der Waals surface area contributed by atoms with E-state index < -0.39 is 46.1 Å². The fourth-order valence-electron chi connectivity index (χ4n) is 8.87. The van der Waals surface area contributed by atoms with E-state index >= 15 is 4.57 Å². The average Bonchev–Trinajstić information content (AvgIpc) is 3.65. The topological polar surface area (TPSA) is 125 Å². The molecule has 1 aliphatic rings. The van der Waals surface area contributed by atoms with Crippen LogP contribution in [0.5, 0.6) is 11.5 Å². The van der Waals surface area contributed by atoms with E-state index in [1.165, 1.54) is 28.8 Å². The standard InChI is InChI=1S/C48H47N2O7P/c1-8-46(5,9-2)29-20-22-30(23-21-29)48(7,58(56)41-19-15-13-17-33(41)32-16-12-14-18-40(32)57-58)31-24-25-38(39(51)26-31)49-42(52)34-27-36-37(28-35(34)43(49)53)45(55)50(44(36)54)47(6,10-3)11-4/h12-28,51H,8-11H2,1-7H3. The van der Waals surface area contributed by atoms with Crippen molar-refractivity contribution >= 4 is 34.2 Å². The van der Waals surface area contributed by atoms with Gasteiger partial charge in [0.05, 0.1) is 32.5 Å². The molecule has 58 heavy (non-hydrogen) atoms. The highest BCUT2D eigenvalue weighted by molar-refractivity contribution is 7.69. The number of aromatic hydroxyl groups is 1. The smallest absolute Gasteiger partial charge is 0.292 e. The van der Waals surface area contributed by atoms with Crippen LogP contribution in [-0.4, -0.2) is 14.2 Å². The van der Waals surface area contributed by atoms with E-state index in [1.807, 2.05) is 82.3 Å². The highest BCUT2D eigenvalue weighted by Crippen LogP contribution is 2.69. The summed E-state index contributed by atoms with van der Waals surface area (Å²) in [5.41, 5.74) is 0.505. The summed E-state index contributed by atoms with van der Waals surface area (Å²) < 4.78 is 24.9. The molecule has 7 aromatic rings. The van der Waals surface area contributed by atoms with Gasteiger partial charge in [-0.3, -0.25) is 28.3 Å². The molecular formula is C48H47N2O7P. The second kappa shape index (κ2) is 13.7. The van der Waals surface area contributed by atoms with Gasteiger partial charge in [-0.05, 0) is 104 Å². The maximum Gasteiger partial charge on any atom is 0.292 e. The van der Waals surface area contributed by atoms with Gasteiger partial charge in [0.1, 0.15) is 16.7 Å². The molecule has 10 heteroatoms.